The highest BCUT2D eigenvalue weighted by Crippen LogP contribution is 2.30. The first-order valence-electron chi connectivity index (χ1n) is 6.90. The number of hydrogen-bond donors (Lipinski definition) is 3. The van der Waals surface area contributed by atoms with Gasteiger partial charge in [0.25, 0.3) is 5.91 Å². The third-order valence-corrected chi connectivity index (χ3v) is 4.24. The summed E-state index contributed by atoms with van der Waals surface area (Å²) in [6.07, 6.45) is 1.29. The van der Waals surface area contributed by atoms with Gasteiger partial charge in [-0.25, -0.2) is 10.1 Å². The number of phenols is 1. The molecular formula is C13H10Br2N8O3. The maximum Gasteiger partial charge on any atom is 0.292 e. The molecule has 134 valence electrons. The summed E-state index contributed by atoms with van der Waals surface area (Å²) in [5.74, 6) is -0.639. The van der Waals surface area contributed by atoms with Gasteiger partial charge >= 0.3 is 0 Å². The Morgan fingerprint density at radius 3 is 2.88 bits per heavy atom. The Morgan fingerprint density at radius 2 is 2.19 bits per heavy atom. The number of aromatic nitrogens is 5. The molecule has 1 aromatic carbocycles. The molecular weight excluding hydrogens is 476 g/mol. The fourth-order valence-electron chi connectivity index (χ4n) is 2.00. The predicted molar refractivity (Wildman–Crippen MR) is 96.9 cm³/mol. The molecule has 3 aromatic rings. The monoisotopic (exact) mass is 484 g/mol. The van der Waals surface area contributed by atoms with Crippen LogP contribution in [0.5, 0.6) is 5.75 Å². The van der Waals surface area contributed by atoms with Crippen LogP contribution in [0.1, 0.15) is 21.7 Å². The first-order chi connectivity index (χ1) is 12.4. The van der Waals surface area contributed by atoms with Crippen molar-refractivity contribution in [3.05, 3.63) is 38.0 Å². The Bertz CT molecular complexity index is 1010. The van der Waals surface area contributed by atoms with Gasteiger partial charge in [0.05, 0.1) is 16.4 Å². The van der Waals surface area contributed by atoms with E-state index in [1.54, 1.807) is 19.1 Å². The summed E-state index contributed by atoms with van der Waals surface area (Å²) < 4.78 is 6.81. The summed E-state index contributed by atoms with van der Waals surface area (Å²) >= 11 is 6.52. The van der Waals surface area contributed by atoms with Gasteiger partial charge < -0.3 is 10.8 Å². The van der Waals surface area contributed by atoms with Crippen molar-refractivity contribution in [3.8, 4) is 11.6 Å². The average Bonchev–Trinajstić information content (AvgIpc) is 3.17. The number of nitrogen functional groups attached to an aromatic ring is 1. The van der Waals surface area contributed by atoms with Gasteiger partial charge in [-0.05, 0) is 45.3 Å². The number of benzene rings is 1. The highest BCUT2D eigenvalue weighted by molar-refractivity contribution is 9.11. The number of rotatable bonds is 4. The summed E-state index contributed by atoms with van der Waals surface area (Å²) in [6, 6.07) is 3.31. The van der Waals surface area contributed by atoms with Gasteiger partial charge in [-0.1, -0.05) is 21.1 Å². The Balaban J connectivity index is 1.84. The number of carbonyl (C=O) groups excluding carboxylic acids is 1. The maximum atomic E-state index is 12.4. The van der Waals surface area contributed by atoms with Gasteiger partial charge in [0.2, 0.25) is 11.6 Å². The molecule has 26 heavy (non-hydrogen) atoms. The molecule has 0 aliphatic rings. The van der Waals surface area contributed by atoms with Gasteiger partial charge in [0.1, 0.15) is 5.75 Å². The molecule has 1 amide bonds. The number of nitrogens with zero attached hydrogens (tertiary/aromatic N) is 6. The maximum absolute atomic E-state index is 12.4. The molecule has 11 nitrogen and oxygen atoms in total. The molecule has 0 saturated carbocycles. The van der Waals surface area contributed by atoms with E-state index >= 15 is 0 Å². The van der Waals surface area contributed by atoms with Crippen molar-refractivity contribution in [1.29, 1.82) is 0 Å². The number of phenolic OH excluding ortho intramolecular Hbond substituents is 1. The average molecular weight is 486 g/mol. The molecule has 2 heterocycles. The van der Waals surface area contributed by atoms with Gasteiger partial charge in [0, 0.05) is 10.0 Å². The molecule has 3 rings (SSSR count). The Kier molecular flexibility index (Phi) is 4.99. The van der Waals surface area contributed by atoms with Crippen molar-refractivity contribution >= 4 is 49.8 Å². The molecule has 0 fully saturated rings. The Labute approximate surface area is 162 Å². The van der Waals surface area contributed by atoms with E-state index in [0.717, 1.165) is 9.15 Å². The Hall–Kier alpha value is -2.80. The van der Waals surface area contributed by atoms with E-state index in [9.17, 15) is 9.90 Å². The Morgan fingerprint density at radius 1 is 1.42 bits per heavy atom. The number of hydrazone groups is 1. The van der Waals surface area contributed by atoms with E-state index in [-0.39, 0.29) is 23.1 Å². The largest absolute Gasteiger partial charge is 0.506 e. The van der Waals surface area contributed by atoms with E-state index < -0.39 is 5.91 Å². The van der Waals surface area contributed by atoms with Gasteiger partial charge in [-0.3, -0.25) is 4.79 Å². The molecule has 0 spiro atoms. The predicted octanol–water partition coefficient (Wildman–Crippen LogP) is 1.54. The molecule has 2 aromatic heterocycles. The van der Waals surface area contributed by atoms with Crippen molar-refractivity contribution in [2.45, 2.75) is 6.92 Å². The summed E-state index contributed by atoms with van der Waals surface area (Å²) in [5.41, 5.74) is 8.72. The van der Waals surface area contributed by atoms with Crippen LogP contribution in [-0.2, 0) is 0 Å². The molecule has 0 unspecified atom stereocenters. The summed E-state index contributed by atoms with van der Waals surface area (Å²) in [7, 11) is 0. The topological polar surface area (TPSA) is 157 Å². The van der Waals surface area contributed by atoms with Crippen LogP contribution < -0.4 is 11.2 Å². The highest BCUT2D eigenvalue weighted by atomic mass is 79.9. The fourth-order valence-corrected chi connectivity index (χ4v) is 3.26. The lowest BCUT2D eigenvalue weighted by molar-refractivity contribution is 0.0946. The summed E-state index contributed by atoms with van der Waals surface area (Å²) in [6.45, 7) is 1.59. The number of aromatic hydroxyl groups is 1. The molecule has 0 saturated heterocycles. The molecule has 0 aliphatic carbocycles. The van der Waals surface area contributed by atoms with Crippen molar-refractivity contribution in [2.24, 2.45) is 5.10 Å². The number of anilines is 1. The number of nitrogens with one attached hydrogen (secondary N) is 1. The van der Waals surface area contributed by atoms with Crippen molar-refractivity contribution < 1.29 is 14.5 Å². The second-order valence-corrected chi connectivity index (χ2v) is 6.70. The van der Waals surface area contributed by atoms with E-state index in [2.05, 4.69) is 67.6 Å². The minimum atomic E-state index is -0.611. The van der Waals surface area contributed by atoms with Crippen LogP contribution >= 0.6 is 31.9 Å². The van der Waals surface area contributed by atoms with Crippen molar-refractivity contribution in [1.82, 2.24) is 30.7 Å². The SMILES string of the molecule is Cc1nnn(-c2nonc2N)c1C(=O)NN=Cc1cc(Br)cc(Br)c1O. The zero-order valence-electron chi connectivity index (χ0n) is 13.0. The number of halogens is 2. The smallest absolute Gasteiger partial charge is 0.292 e. The van der Waals surface area contributed by atoms with Gasteiger partial charge in [-0.15, -0.1) is 5.10 Å². The first kappa shape index (κ1) is 18.0. The van der Waals surface area contributed by atoms with E-state index in [0.29, 0.717) is 15.7 Å². The highest BCUT2D eigenvalue weighted by Gasteiger charge is 2.22. The normalized spacial score (nSPS) is 11.2. The lowest BCUT2D eigenvalue weighted by Crippen LogP contribution is -2.22. The fraction of sp³-hybridized carbons (Fsp3) is 0.0769. The van der Waals surface area contributed by atoms with Crippen LogP contribution in [0.4, 0.5) is 5.82 Å². The van der Waals surface area contributed by atoms with Gasteiger partial charge in [-0.2, -0.15) is 9.78 Å². The molecule has 0 bridgehead atoms. The zero-order chi connectivity index (χ0) is 18.8. The van der Waals surface area contributed by atoms with Crippen molar-refractivity contribution in [3.63, 3.8) is 0 Å². The van der Waals surface area contributed by atoms with Crippen LogP contribution in [0.3, 0.4) is 0 Å². The minimum Gasteiger partial charge on any atom is -0.506 e. The summed E-state index contributed by atoms with van der Waals surface area (Å²) in [5, 5.41) is 28.5. The zero-order valence-corrected chi connectivity index (χ0v) is 16.2. The molecule has 13 heteroatoms. The van der Waals surface area contributed by atoms with Crippen LogP contribution in [0.15, 0.2) is 30.8 Å². The van der Waals surface area contributed by atoms with Crippen LogP contribution in [-0.4, -0.2) is 42.5 Å². The lowest BCUT2D eigenvalue weighted by Gasteiger charge is -2.04. The number of hydrogen-bond acceptors (Lipinski definition) is 9. The number of nitrogens with two attached hydrogens (primary N) is 1. The van der Waals surface area contributed by atoms with Crippen molar-refractivity contribution in [2.75, 3.05) is 5.73 Å². The number of carbonyl (C=O) groups is 1. The quantitative estimate of drug-likeness (QED) is 0.370. The minimum absolute atomic E-state index is 0.0180. The van der Waals surface area contributed by atoms with Crippen LogP contribution in [0.25, 0.3) is 5.82 Å². The first-order valence-corrected chi connectivity index (χ1v) is 8.49. The number of aryl methyl sites for hydroxylation is 1. The lowest BCUT2D eigenvalue weighted by atomic mass is 10.2. The van der Waals surface area contributed by atoms with Crippen LogP contribution in [0.2, 0.25) is 0 Å². The number of amides is 1. The second kappa shape index (κ2) is 7.21. The second-order valence-electron chi connectivity index (χ2n) is 4.93. The molecule has 0 atom stereocenters. The van der Waals surface area contributed by atoms with E-state index in [1.165, 1.54) is 6.21 Å². The van der Waals surface area contributed by atoms with Gasteiger partial charge in [0.15, 0.2) is 5.69 Å². The molecule has 0 radical (unpaired) electrons. The summed E-state index contributed by atoms with van der Waals surface area (Å²) in [4.78, 5) is 12.4. The van der Waals surface area contributed by atoms with Crippen LogP contribution in [0, 0.1) is 6.92 Å². The van der Waals surface area contributed by atoms with E-state index in [1.807, 2.05) is 0 Å². The molecule has 4 N–H and O–H groups in total. The standard InChI is InChI=1S/C13H10Br2N8O3/c1-5-9(23(22-18-5)12-11(16)20-26-21-12)13(25)19-17-4-6-2-7(14)3-8(15)10(6)24/h2-4,24H,1H3,(H2,16,20)(H,19,25). The molecule has 0 aliphatic heterocycles. The third-order valence-electron chi connectivity index (χ3n) is 3.18. The van der Waals surface area contributed by atoms with E-state index in [4.69, 9.17) is 5.73 Å². The third kappa shape index (κ3) is 3.43.